The number of carbonyl (C=O) groups excluding carboxylic acids is 1. The van der Waals surface area contributed by atoms with Gasteiger partial charge in [0.2, 0.25) is 0 Å². The average Bonchev–Trinajstić information content (AvgIpc) is 3.86. The highest BCUT2D eigenvalue weighted by molar-refractivity contribution is 6.26. The molecular formula is C31H24O5. The summed E-state index contributed by atoms with van der Waals surface area (Å²) in [6.45, 7) is 2.65. The molecule has 4 aromatic carbocycles. The van der Waals surface area contributed by atoms with Gasteiger partial charge in [0.15, 0.2) is 5.78 Å². The quantitative estimate of drug-likeness (QED) is 0.266. The normalized spacial score (nSPS) is 18.9. The molecule has 1 aliphatic carbocycles. The molecule has 4 aromatic rings. The Bertz CT molecular complexity index is 1450. The number of carbonyl (C=O) groups is 1. The fourth-order valence-electron chi connectivity index (χ4n) is 4.81. The van der Waals surface area contributed by atoms with Gasteiger partial charge in [-0.3, -0.25) is 4.79 Å². The van der Waals surface area contributed by atoms with Crippen molar-refractivity contribution in [2.45, 2.75) is 12.2 Å². The summed E-state index contributed by atoms with van der Waals surface area (Å²) in [5.41, 5.74) is 7.41. The van der Waals surface area contributed by atoms with E-state index in [-0.39, 0.29) is 18.0 Å². The molecule has 0 bridgehead atoms. The molecule has 2 heterocycles. The standard InChI is InChI=1S/C31H24O5/c32-31-28-4-2-1-3-26(28)27-14-13-25(19-5-9-21(10-6-19)33-15-23-17-35-23)29(30(27)31)20-7-11-22(12-8-20)34-16-24-18-36-24/h1-14,23-24H,15-18H2. The third-order valence-electron chi connectivity index (χ3n) is 6.88. The van der Waals surface area contributed by atoms with Crippen LogP contribution in [-0.2, 0) is 9.47 Å². The van der Waals surface area contributed by atoms with Crippen LogP contribution in [0, 0.1) is 0 Å². The summed E-state index contributed by atoms with van der Waals surface area (Å²) in [5.74, 6) is 1.66. The van der Waals surface area contributed by atoms with Crippen LogP contribution in [0.1, 0.15) is 15.9 Å². The van der Waals surface area contributed by atoms with Gasteiger partial charge >= 0.3 is 0 Å². The van der Waals surface area contributed by atoms with Gasteiger partial charge in [-0.1, -0.05) is 60.7 Å². The Balaban J connectivity index is 1.30. The van der Waals surface area contributed by atoms with E-state index in [4.69, 9.17) is 18.9 Å². The molecule has 5 heteroatoms. The van der Waals surface area contributed by atoms with E-state index in [0.29, 0.717) is 13.2 Å². The maximum atomic E-state index is 13.7. The number of hydrogen-bond acceptors (Lipinski definition) is 5. The largest absolute Gasteiger partial charge is 0.491 e. The van der Waals surface area contributed by atoms with E-state index in [1.165, 1.54) is 0 Å². The molecular weight excluding hydrogens is 452 g/mol. The number of fused-ring (bicyclic) bond motifs is 3. The van der Waals surface area contributed by atoms with Crippen molar-refractivity contribution < 1.29 is 23.7 Å². The number of ketones is 1. The highest BCUT2D eigenvalue weighted by Gasteiger charge is 2.31. The van der Waals surface area contributed by atoms with Crippen molar-refractivity contribution in [2.75, 3.05) is 26.4 Å². The van der Waals surface area contributed by atoms with Crippen LogP contribution in [0.5, 0.6) is 11.5 Å². The van der Waals surface area contributed by atoms with E-state index >= 15 is 0 Å². The molecule has 2 aliphatic heterocycles. The van der Waals surface area contributed by atoms with E-state index in [1.807, 2.05) is 72.8 Å². The van der Waals surface area contributed by atoms with Crippen molar-refractivity contribution in [3.8, 4) is 44.9 Å². The molecule has 5 nitrogen and oxygen atoms in total. The Kier molecular flexibility index (Phi) is 5.12. The van der Waals surface area contributed by atoms with E-state index in [0.717, 1.165) is 69.2 Å². The van der Waals surface area contributed by atoms with E-state index in [9.17, 15) is 4.79 Å². The monoisotopic (exact) mass is 476 g/mol. The molecule has 0 radical (unpaired) electrons. The smallest absolute Gasteiger partial charge is 0.194 e. The molecule has 3 aliphatic rings. The van der Waals surface area contributed by atoms with Crippen molar-refractivity contribution in [1.82, 2.24) is 0 Å². The Morgan fingerprint density at radius 1 is 0.583 bits per heavy atom. The summed E-state index contributed by atoms with van der Waals surface area (Å²) in [4.78, 5) is 13.7. The minimum atomic E-state index is 0.0630. The maximum Gasteiger partial charge on any atom is 0.194 e. The number of epoxide rings is 2. The summed E-state index contributed by atoms with van der Waals surface area (Å²) < 4.78 is 22.1. The van der Waals surface area contributed by atoms with Gasteiger partial charge in [0.1, 0.15) is 36.9 Å². The van der Waals surface area contributed by atoms with Crippen LogP contribution in [0.3, 0.4) is 0 Å². The maximum absolute atomic E-state index is 13.7. The fraction of sp³-hybridized carbons (Fsp3) is 0.194. The molecule has 0 amide bonds. The Morgan fingerprint density at radius 2 is 1.11 bits per heavy atom. The van der Waals surface area contributed by atoms with Crippen molar-refractivity contribution >= 4 is 5.78 Å². The second-order valence-corrected chi connectivity index (χ2v) is 9.37. The highest BCUT2D eigenvalue weighted by atomic mass is 16.6. The summed E-state index contributed by atoms with van der Waals surface area (Å²) >= 11 is 0. The number of benzene rings is 4. The second-order valence-electron chi connectivity index (χ2n) is 9.37. The fourth-order valence-corrected chi connectivity index (χ4v) is 4.81. The summed E-state index contributed by atoms with van der Waals surface area (Å²) in [5, 5.41) is 0. The van der Waals surface area contributed by atoms with Crippen LogP contribution in [0.2, 0.25) is 0 Å². The van der Waals surface area contributed by atoms with Gasteiger partial charge in [-0.05, 0) is 52.1 Å². The topological polar surface area (TPSA) is 60.6 Å². The van der Waals surface area contributed by atoms with Gasteiger partial charge in [0, 0.05) is 16.7 Å². The molecule has 0 spiro atoms. The number of hydrogen-bond donors (Lipinski definition) is 0. The number of ether oxygens (including phenoxy) is 4. The van der Waals surface area contributed by atoms with Gasteiger partial charge in [-0.15, -0.1) is 0 Å². The molecule has 0 N–H and O–H groups in total. The minimum absolute atomic E-state index is 0.0630. The summed E-state index contributed by atoms with van der Waals surface area (Å²) in [6.07, 6.45) is 0.415. The van der Waals surface area contributed by atoms with E-state index in [1.54, 1.807) is 0 Å². The number of rotatable bonds is 8. The van der Waals surface area contributed by atoms with Crippen molar-refractivity contribution in [1.29, 1.82) is 0 Å². The van der Waals surface area contributed by atoms with E-state index in [2.05, 4.69) is 12.1 Å². The molecule has 178 valence electrons. The van der Waals surface area contributed by atoms with Gasteiger partial charge in [0.25, 0.3) is 0 Å². The third-order valence-corrected chi connectivity index (χ3v) is 6.88. The van der Waals surface area contributed by atoms with Crippen molar-refractivity contribution in [3.05, 3.63) is 96.1 Å². The lowest BCUT2D eigenvalue weighted by Crippen LogP contribution is -2.04. The molecule has 0 aromatic heterocycles. The first-order valence-electron chi connectivity index (χ1n) is 12.3. The Labute approximate surface area is 209 Å². The van der Waals surface area contributed by atoms with Crippen LogP contribution in [0.15, 0.2) is 84.9 Å². The summed E-state index contributed by atoms with van der Waals surface area (Å²) in [7, 11) is 0. The molecule has 2 unspecified atom stereocenters. The van der Waals surface area contributed by atoms with Crippen molar-refractivity contribution in [2.24, 2.45) is 0 Å². The Hall–Kier alpha value is -3.93. The van der Waals surface area contributed by atoms with Crippen LogP contribution in [0.4, 0.5) is 0 Å². The lowest BCUT2D eigenvalue weighted by molar-refractivity contribution is 0.104. The molecule has 0 saturated carbocycles. The second kappa shape index (κ2) is 8.63. The molecule has 2 atom stereocenters. The van der Waals surface area contributed by atoms with Gasteiger partial charge in [-0.25, -0.2) is 0 Å². The molecule has 36 heavy (non-hydrogen) atoms. The van der Waals surface area contributed by atoms with E-state index < -0.39 is 0 Å². The molecule has 2 fully saturated rings. The molecule has 2 saturated heterocycles. The first kappa shape index (κ1) is 21.4. The zero-order valence-electron chi connectivity index (χ0n) is 19.6. The zero-order chi connectivity index (χ0) is 24.1. The zero-order valence-corrected chi connectivity index (χ0v) is 19.6. The van der Waals surface area contributed by atoms with Crippen LogP contribution in [-0.4, -0.2) is 44.4 Å². The third kappa shape index (κ3) is 3.96. The SMILES string of the molecule is O=C1c2ccccc2-c2ccc(-c3ccc(OCC4CO4)cc3)c(-c3ccc(OCC4CO4)cc3)c21. The Morgan fingerprint density at radius 3 is 1.69 bits per heavy atom. The van der Waals surface area contributed by atoms with Gasteiger partial charge in [0.05, 0.1) is 13.2 Å². The average molecular weight is 477 g/mol. The van der Waals surface area contributed by atoms with Crippen LogP contribution >= 0.6 is 0 Å². The van der Waals surface area contributed by atoms with Crippen LogP contribution in [0.25, 0.3) is 33.4 Å². The molecule has 7 rings (SSSR count). The lowest BCUT2D eigenvalue weighted by Gasteiger charge is -2.16. The van der Waals surface area contributed by atoms with Crippen LogP contribution < -0.4 is 9.47 Å². The first-order chi connectivity index (χ1) is 17.7. The van der Waals surface area contributed by atoms with Gasteiger partial charge < -0.3 is 18.9 Å². The predicted molar refractivity (Wildman–Crippen MR) is 137 cm³/mol. The lowest BCUT2D eigenvalue weighted by atomic mass is 9.87. The summed E-state index contributed by atoms with van der Waals surface area (Å²) in [6, 6.07) is 28.1. The highest BCUT2D eigenvalue weighted by Crippen LogP contribution is 2.46. The van der Waals surface area contributed by atoms with Crippen molar-refractivity contribution in [3.63, 3.8) is 0 Å². The first-order valence-corrected chi connectivity index (χ1v) is 12.3. The van der Waals surface area contributed by atoms with Gasteiger partial charge in [-0.2, -0.15) is 0 Å². The predicted octanol–water partition coefficient (Wildman–Crippen LogP) is 5.79. The minimum Gasteiger partial charge on any atom is -0.491 e.